The van der Waals surface area contributed by atoms with E-state index in [4.69, 9.17) is 26.8 Å². The van der Waals surface area contributed by atoms with Gasteiger partial charge in [0.25, 0.3) is 0 Å². The summed E-state index contributed by atoms with van der Waals surface area (Å²) in [6.07, 6.45) is 2.49. The van der Waals surface area contributed by atoms with Gasteiger partial charge in [-0.15, -0.1) is 12.4 Å². The van der Waals surface area contributed by atoms with Gasteiger partial charge >= 0.3 is 0 Å². The molecule has 0 spiro atoms. The van der Waals surface area contributed by atoms with Crippen molar-refractivity contribution in [3.8, 4) is 11.5 Å². The highest BCUT2D eigenvalue weighted by atomic mass is 35.5. The number of carbonyl (C=O) groups excluding carboxylic acids is 1. The second kappa shape index (κ2) is 12.9. The third kappa shape index (κ3) is 6.87. The van der Waals surface area contributed by atoms with Crippen LogP contribution in [0.2, 0.25) is 5.02 Å². The van der Waals surface area contributed by atoms with E-state index < -0.39 is 17.9 Å². The lowest BCUT2D eigenvalue weighted by molar-refractivity contribution is -0.111. The second-order valence-electron chi connectivity index (χ2n) is 8.48. The van der Waals surface area contributed by atoms with Crippen molar-refractivity contribution in [2.24, 2.45) is 11.7 Å². The second-order valence-corrected chi connectivity index (χ2v) is 8.92. The van der Waals surface area contributed by atoms with Crippen LogP contribution < -0.4 is 20.1 Å². The summed E-state index contributed by atoms with van der Waals surface area (Å²) >= 11 is 5.73. The van der Waals surface area contributed by atoms with Crippen LogP contribution in [0.15, 0.2) is 60.7 Å². The monoisotopic (exact) mass is 536 g/mol. The van der Waals surface area contributed by atoms with Crippen LogP contribution >= 0.6 is 24.0 Å². The Bertz CT molecular complexity index is 1160. The van der Waals surface area contributed by atoms with Gasteiger partial charge in [0.1, 0.15) is 31.1 Å². The molecule has 2 N–H and O–H groups in total. The number of aldehydes is 1. The van der Waals surface area contributed by atoms with Crippen LogP contribution in [0, 0.1) is 17.6 Å². The lowest BCUT2D eigenvalue weighted by Crippen LogP contribution is -2.50. The van der Waals surface area contributed by atoms with Crippen molar-refractivity contribution in [1.29, 1.82) is 0 Å². The van der Waals surface area contributed by atoms with E-state index in [1.165, 1.54) is 18.2 Å². The van der Waals surface area contributed by atoms with Gasteiger partial charge < -0.3 is 24.9 Å². The summed E-state index contributed by atoms with van der Waals surface area (Å²) in [6, 6.07) is 16.3. The smallest absolute Gasteiger partial charge is 0.166 e. The van der Waals surface area contributed by atoms with Crippen molar-refractivity contribution in [2.45, 2.75) is 25.4 Å². The lowest BCUT2D eigenvalue weighted by atomic mass is 9.94. The molecule has 1 heterocycles. The molecule has 0 radical (unpaired) electrons. The minimum absolute atomic E-state index is 0. The molecule has 2 atom stereocenters. The van der Waals surface area contributed by atoms with Gasteiger partial charge in [0, 0.05) is 17.3 Å². The first-order valence-corrected chi connectivity index (χ1v) is 11.9. The maximum absolute atomic E-state index is 13.7. The Morgan fingerprint density at radius 1 is 1.03 bits per heavy atom. The standard InChI is InChI=1S/C27H27ClF2N2O3.ClH/c28-21-5-10-26(24(30)16-21)35-13-12-34-23-7-3-18(4-8-23)14-20(17-33)27(31)32-11-1-2-19-15-22(29)6-9-25(19)32;/h3-10,15-17,20,27H,1-2,11-14,31H2;1H. The highest BCUT2D eigenvalue weighted by Gasteiger charge is 2.28. The quantitative estimate of drug-likeness (QED) is 0.270. The van der Waals surface area contributed by atoms with Crippen LogP contribution in [0.5, 0.6) is 11.5 Å². The number of fused-ring (bicyclic) bond motifs is 1. The average Bonchev–Trinajstić information content (AvgIpc) is 2.86. The molecule has 0 amide bonds. The zero-order valence-corrected chi connectivity index (χ0v) is 21.1. The predicted octanol–water partition coefficient (Wildman–Crippen LogP) is 5.59. The fourth-order valence-corrected chi connectivity index (χ4v) is 4.44. The number of carbonyl (C=O) groups is 1. The molecule has 0 aliphatic carbocycles. The number of anilines is 1. The number of aryl methyl sites for hydroxylation is 1. The number of halogens is 4. The fourth-order valence-electron chi connectivity index (χ4n) is 4.28. The van der Waals surface area contributed by atoms with E-state index in [0.717, 1.165) is 42.5 Å². The summed E-state index contributed by atoms with van der Waals surface area (Å²) in [5.74, 6) is -0.471. The average molecular weight is 537 g/mol. The van der Waals surface area contributed by atoms with Gasteiger partial charge in [0.2, 0.25) is 0 Å². The Balaban J connectivity index is 0.00000361. The third-order valence-corrected chi connectivity index (χ3v) is 6.30. The van der Waals surface area contributed by atoms with Crippen LogP contribution in [-0.4, -0.2) is 32.2 Å². The fraction of sp³-hybridized carbons (Fsp3) is 0.296. The van der Waals surface area contributed by atoms with Crippen LogP contribution in [0.3, 0.4) is 0 Å². The van der Waals surface area contributed by atoms with E-state index in [9.17, 15) is 13.6 Å². The first-order chi connectivity index (χ1) is 16.9. The summed E-state index contributed by atoms with van der Waals surface area (Å²) in [5, 5.41) is 0.306. The Hall–Kier alpha value is -2.87. The number of hydrogen-bond donors (Lipinski definition) is 1. The molecule has 0 fully saturated rings. The maximum Gasteiger partial charge on any atom is 0.166 e. The van der Waals surface area contributed by atoms with E-state index in [2.05, 4.69) is 0 Å². The van der Waals surface area contributed by atoms with Crippen LogP contribution in [0.25, 0.3) is 0 Å². The van der Waals surface area contributed by atoms with Gasteiger partial charge in [-0.05, 0) is 78.9 Å². The van der Waals surface area contributed by atoms with Gasteiger partial charge in [-0.25, -0.2) is 8.78 Å². The topological polar surface area (TPSA) is 64.8 Å². The van der Waals surface area contributed by atoms with Gasteiger partial charge in [0.15, 0.2) is 11.6 Å². The summed E-state index contributed by atoms with van der Waals surface area (Å²) in [4.78, 5) is 13.9. The van der Waals surface area contributed by atoms with Crippen LogP contribution in [-0.2, 0) is 17.6 Å². The molecule has 1 aliphatic rings. The van der Waals surface area contributed by atoms with Crippen molar-refractivity contribution in [3.05, 3.63) is 88.4 Å². The molecule has 0 saturated heterocycles. The molecule has 192 valence electrons. The van der Waals surface area contributed by atoms with Gasteiger partial charge in [0.05, 0.1) is 12.1 Å². The third-order valence-electron chi connectivity index (χ3n) is 6.07. The van der Waals surface area contributed by atoms with Gasteiger partial charge in [-0.3, -0.25) is 0 Å². The summed E-state index contributed by atoms with van der Waals surface area (Å²) < 4.78 is 38.4. The Morgan fingerprint density at radius 2 is 1.78 bits per heavy atom. The first-order valence-electron chi connectivity index (χ1n) is 11.5. The van der Waals surface area contributed by atoms with E-state index in [1.807, 2.05) is 29.2 Å². The van der Waals surface area contributed by atoms with Crippen LogP contribution in [0.1, 0.15) is 17.5 Å². The number of hydrogen-bond acceptors (Lipinski definition) is 5. The molecule has 36 heavy (non-hydrogen) atoms. The molecule has 3 aromatic rings. The van der Waals surface area contributed by atoms with E-state index in [-0.39, 0.29) is 37.2 Å². The van der Waals surface area contributed by atoms with Gasteiger partial charge in [-0.1, -0.05) is 23.7 Å². The lowest BCUT2D eigenvalue weighted by Gasteiger charge is -2.38. The van der Waals surface area contributed by atoms with Crippen molar-refractivity contribution < 1.29 is 23.0 Å². The zero-order valence-electron chi connectivity index (χ0n) is 19.5. The number of benzene rings is 3. The van der Waals surface area contributed by atoms with Crippen molar-refractivity contribution in [1.82, 2.24) is 0 Å². The van der Waals surface area contributed by atoms with Crippen molar-refractivity contribution in [2.75, 3.05) is 24.7 Å². The number of rotatable bonds is 10. The Kier molecular flexibility index (Phi) is 9.93. The molecule has 1 aliphatic heterocycles. The highest BCUT2D eigenvalue weighted by molar-refractivity contribution is 6.30. The number of nitrogens with two attached hydrogens (primary N) is 1. The number of nitrogens with zero attached hydrogens (tertiary/aromatic N) is 1. The molecule has 5 nitrogen and oxygen atoms in total. The van der Waals surface area contributed by atoms with E-state index >= 15 is 0 Å². The van der Waals surface area contributed by atoms with Crippen LogP contribution in [0.4, 0.5) is 14.5 Å². The van der Waals surface area contributed by atoms with Crippen molar-refractivity contribution >= 4 is 36.0 Å². The normalized spacial score (nSPS) is 14.3. The minimum Gasteiger partial charge on any atom is -0.490 e. The van der Waals surface area contributed by atoms with Gasteiger partial charge in [-0.2, -0.15) is 0 Å². The molecule has 2 unspecified atom stereocenters. The molecule has 4 rings (SSSR count). The predicted molar refractivity (Wildman–Crippen MR) is 139 cm³/mol. The first kappa shape index (κ1) is 27.7. The largest absolute Gasteiger partial charge is 0.490 e. The highest BCUT2D eigenvalue weighted by Crippen LogP contribution is 2.30. The maximum atomic E-state index is 13.7. The van der Waals surface area contributed by atoms with Crippen molar-refractivity contribution in [3.63, 3.8) is 0 Å². The summed E-state index contributed by atoms with van der Waals surface area (Å²) in [6.45, 7) is 1.13. The SMILES string of the molecule is Cl.NC(C(C=O)Cc1ccc(OCCOc2ccc(Cl)cc2F)cc1)N1CCCc2cc(F)ccc21. The molecule has 0 bridgehead atoms. The summed E-state index contributed by atoms with van der Waals surface area (Å²) in [7, 11) is 0. The van der Waals surface area contributed by atoms with E-state index in [0.29, 0.717) is 17.2 Å². The zero-order chi connectivity index (χ0) is 24.8. The minimum atomic E-state index is -0.523. The summed E-state index contributed by atoms with van der Waals surface area (Å²) in [5.41, 5.74) is 9.26. The van der Waals surface area contributed by atoms with E-state index in [1.54, 1.807) is 18.2 Å². The molecule has 3 aromatic carbocycles. The molecule has 0 saturated carbocycles. The molecule has 9 heteroatoms. The number of ether oxygens (including phenoxy) is 2. The molecular formula is C27H28Cl2F2N2O3. The Morgan fingerprint density at radius 3 is 2.50 bits per heavy atom. The molecular weight excluding hydrogens is 509 g/mol. The molecule has 0 aromatic heterocycles. The Labute approximate surface area is 220 Å².